The molecule has 0 aromatic heterocycles. The van der Waals surface area contributed by atoms with Crippen molar-refractivity contribution in [3.05, 3.63) is 72.3 Å². The lowest BCUT2D eigenvalue weighted by atomic mass is 9.78. The average Bonchev–Trinajstić information content (AvgIpc) is 3.49. The summed E-state index contributed by atoms with van der Waals surface area (Å²) in [6, 6.07) is 16.2. The molecule has 26 heavy (non-hydrogen) atoms. The highest BCUT2D eigenvalue weighted by atomic mass is 16.6. The number of hydrogen-bond donors (Lipinski definition) is 1. The van der Waals surface area contributed by atoms with Crippen LogP contribution in [0.3, 0.4) is 0 Å². The number of hydrogen-bond acceptors (Lipinski definition) is 4. The molecule has 4 nitrogen and oxygen atoms in total. The molecule has 138 valence electrons. The van der Waals surface area contributed by atoms with Crippen LogP contribution in [0.1, 0.15) is 25.0 Å². The van der Waals surface area contributed by atoms with Gasteiger partial charge in [-0.25, -0.2) is 0 Å². The van der Waals surface area contributed by atoms with Gasteiger partial charge in [-0.3, -0.25) is 0 Å². The summed E-state index contributed by atoms with van der Waals surface area (Å²) in [5.41, 5.74) is 2.26. The molecule has 1 N–H and O–H groups in total. The second kappa shape index (κ2) is 7.94. The van der Waals surface area contributed by atoms with Gasteiger partial charge in [0.05, 0.1) is 6.61 Å². The maximum Gasteiger partial charge on any atom is 0.119 e. The second-order valence-corrected chi connectivity index (χ2v) is 7.05. The van der Waals surface area contributed by atoms with Crippen LogP contribution < -0.4 is 9.47 Å². The zero-order valence-electron chi connectivity index (χ0n) is 15.4. The summed E-state index contributed by atoms with van der Waals surface area (Å²) in [4.78, 5) is 0. The van der Waals surface area contributed by atoms with Crippen LogP contribution in [0.2, 0.25) is 0 Å². The van der Waals surface area contributed by atoms with Gasteiger partial charge in [-0.2, -0.15) is 0 Å². The van der Waals surface area contributed by atoms with Gasteiger partial charge in [0.15, 0.2) is 0 Å². The smallest absolute Gasteiger partial charge is 0.119 e. The Morgan fingerprint density at radius 2 is 1.58 bits per heavy atom. The van der Waals surface area contributed by atoms with E-state index in [4.69, 9.17) is 14.2 Å². The van der Waals surface area contributed by atoms with Gasteiger partial charge in [0.25, 0.3) is 0 Å². The molecule has 0 saturated carbocycles. The van der Waals surface area contributed by atoms with Crippen molar-refractivity contribution in [1.29, 1.82) is 0 Å². The molecular weight excluding hydrogens is 328 g/mol. The third-order valence-electron chi connectivity index (χ3n) is 4.68. The summed E-state index contributed by atoms with van der Waals surface area (Å²) in [7, 11) is 0. The maximum atomic E-state index is 9.49. The standard InChI is InChI=1S/C22H26O4/c1-4-18(23)13-24-19-9-5-16(6-10-19)22(2,3)17-7-11-20(12-8-17)25-14-21-15-26-21/h4-12,18,21,23H,1,13-15H2,2-3H3. The normalized spacial score (nSPS) is 17.4. The lowest BCUT2D eigenvalue weighted by molar-refractivity contribution is 0.145. The molecule has 2 unspecified atom stereocenters. The van der Waals surface area contributed by atoms with Crippen molar-refractivity contribution in [1.82, 2.24) is 0 Å². The van der Waals surface area contributed by atoms with Crippen molar-refractivity contribution in [2.75, 3.05) is 19.8 Å². The largest absolute Gasteiger partial charge is 0.491 e. The third kappa shape index (κ3) is 4.65. The summed E-state index contributed by atoms with van der Waals surface area (Å²) in [6.07, 6.45) is 1.07. The average molecular weight is 354 g/mol. The van der Waals surface area contributed by atoms with Crippen LogP contribution in [0, 0.1) is 0 Å². The first-order chi connectivity index (χ1) is 12.5. The minimum atomic E-state index is -0.654. The predicted molar refractivity (Wildman–Crippen MR) is 102 cm³/mol. The summed E-state index contributed by atoms with van der Waals surface area (Å²) < 4.78 is 16.4. The molecule has 1 aliphatic heterocycles. The van der Waals surface area contributed by atoms with Gasteiger partial charge >= 0.3 is 0 Å². The van der Waals surface area contributed by atoms with E-state index in [0.717, 1.165) is 18.1 Å². The van der Waals surface area contributed by atoms with E-state index in [1.54, 1.807) is 0 Å². The van der Waals surface area contributed by atoms with Crippen LogP contribution in [0.15, 0.2) is 61.2 Å². The van der Waals surface area contributed by atoms with E-state index in [1.807, 2.05) is 24.3 Å². The Labute approximate surface area is 155 Å². The molecule has 0 spiro atoms. The zero-order chi connectivity index (χ0) is 18.6. The fourth-order valence-corrected chi connectivity index (χ4v) is 2.71. The minimum Gasteiger partial charge on any atom is -0.491 e. The summed E-state index contributed by atoms with van der Waals surface area (Å²) in [6.45, 7) is 9.55. The SMILES string of the molecule is C=CC(O)COc1ccc(C(C)(C)c2ccc(OCC3CO3)cc2)cc1. The van der Waals surface area contributed by atoms with Crippen LogP contribution in [-0.2, 0) is 10.2 Å². The van der Waals surface area contributed by atoms with Crippen LogP contribution in [0.25, 0.3) is 0 Å². The van der Waals surface area contributed by atoms with E-state index in [-0.39, 0.29) is 18.1 Å². The first-order valence-corrected chi connectivity index (χ1v) is 8.88. The first-order valence-electron chi connectivity index (χ1n) is 8.88. The Bertz CT molecular complexity index is 715. The molecule has 4 heteroatoms. The maximum absolute atomic E-state index is 9.49. The van der Waals surface area contributed by atoms with Gasteiger partial charge in [-0.15, -0.1) is 6.58 Å². The Morgan fingerprint density at radius 3 is 2.04 bits per heavy atom. The lowest BCUT2D eigenvalue weighted by Gasteiger charge is -2.26. The van der Waals surface area contributed by atoms with E-state index >= 15 is 0 Å². The van der Waals surface area contributed by atoms with E-state index in [9.17, 15) is 5.11 Å². The summed E-state index contributed by atoms with van der Waals surface area (Å²) in [5.74, 6) is 1.60. The predicted octanol–water partition coefficient (Wildman–Crippen LogP) is 3.72. The first kappa shape index (κ1) is 18.5. The van der Waals surface area contributed by atoms with E-state index in [2.05, 4.69) is 44.7 Å². The zero-order valence-corrected chi connectivity index (χ0v) is 15.4. The molecule has 0 aliphatic carbocycles. The van der Waals surface area contributed by atoms with E-state index in [0.29, 0.717) is 6.61 Å². The molecule has 2 atom stereocenters. The van der Waals surface area contributed by atoms with Gasteiger partial charge in [-0.05, 0) is 35.4 Å². The van der Waals surface area contributed by atoms with Gasteiger partial charge < -0.3 is 19.3 Å². The van der Waals surface area contributed by atoms with Crippen molar-refractivity contribution in [3.8, 4) is 11.5 Å². The molecule has 0 amide bonds. The highest BCUT2D eigenvalue weighted by molar-refractivity contribution is 5.41. The third-order valence-corrected chi connectivity index (χ3v) is 4.68. The highest BCUT2D eigenvalue weighted by Gasteiger charge is 2.24. The Balaban J connectivity index is 1.65. The van der Waals surface area contributed by atoms with Crippen molar-refractivity contribution in [2.45, 2.75) is 31.5 Å². The van der Waals surface area contributed by atoms with Crippen molar-refractivity contribution < 1.29 is 19.3 Å². The molecule has 0 bridgehead atoms. The van der Waals surface area contributed by atoms with Crippen LogP contribution >= 0.6 is 0 Å². The Morgan fingerprint density at radius 1 is 1.08 bits per heavy atom. The molecular formula is C22H26O4. The van der Waals surface area contributed by atoms with Gasteiger partial charge in [-0.1, -0.05) is 44.2 Å². The molecule has 1 heterocycles. The quantitative estimate of drug-likeness (QED) is 0.551. The van der Waals surface area contributed by atoms with Crippen LogP contribution in [-0.4, -0.2) is 37.1 Å². The summed E-state index contributed by atoms with van der Waals surface area (Å²) >= 11 is 0. The van der Waals surface area contributed by atoms with Crippen LogP contribution in [0.5, 0.6) is 11.5 Å². The van der Waals surface area contributed by atoms with Crippen LogP contribution in [0.4, 0.5) is 0 Å². The summed E-state index contributed by atoms with van der Waals surface area (Å²) in [5, 5.41) is 9.49. The lowest BCUT2D eigenvalue weighted by Crippen LogP contribution is -2.19. The Kier molecular flexibility index (Phi) is 5.64. The molecule has 1 fully saturated rings. The van der Waals surface area contributed by atoms with Gasteiger partial charge in [0.2, 0.25) is 0 Å². The molecule has 1 saturated heterocycles. The topological polar surface area (TPSA) is 51.2 Å². The van der Waals surface area contributed by atoms with Gasteiger partial charge in [0.1, 0.15) is 36.9 Å². The molecule has 2 aromatic rings. The van der Waals surface area contributed by atoms with Crippen molar-refractivity contribution in [3.63, 3.8) is 0 Å². The number of aliphatic hydroxyl groups is 1. The minimum absolute atomic E-state index is 0.142. The second-order valence-electron chi connectivity index (χ2n) is 7.05. The Hall–Kier alpha value is -2.30. The highest BCUT2D eigenvalue weighted by Crippen LogP contribution is 2.33. The monoisotopic (exact) mass is 354 g/mol. The van der Waals surface area contributed by atoms with E-state index in [1.165, 1.54) is 17.2 Å². The number of epoxide rings is 1. The number of aliphatic hydroxyl groups excluding tert-OH is 1. The molecule has 0 radical (unpaired) electrons. The van der Waals surface area contributed by atoms with Gasteiger partial charge in [0, 0.05) is 5.41 Å². The number of rotatable bonds is 9. The fraction of sp³-hybridized carbons (Fsp3) is 0.364. The van der Waals surface area contributed by atoms with Crippen molar-refractivity contribution >= 4 is 0 Å². The molecule has 2 aromatic carbocycles. The number of ether oxygens (including phenoxy) is 3. The van der Waals surface area contributed by atoms with E-state index < -0.39 is 6.10 Å². The number of benzene rings is 2. The van der Waals surface area contributed by atoms with Crippen molar-refractivity contribution in [2.24, 2.45) is 0 Å². The molecule has 1 aliphatic rings. The fourth-order valence-electron chi connectivity index (χ4n) is 2.71. The molecule has 3 rings (SSSR count).